The van der Waals surface area contributed by atoms with Crippen LogP contribution in [0.3, 0.4) is 0 Å². The predicted octanol–water partition coefficient (Wildman–Crippen LogP) is 1.74. The fourth-order valence-electron chi connectivity index (χ4n) is 2.30. The molecule has 1 saturated carbocycles. The van der Waals surface area contributed by atoms with Gasteiger partial charge in [0.2, 0.25) is 0 Å². The molecular formula is C9H17N. The minimum atomic E-state index is 0.871. The number of nitrogens with zero attached hydrogens (tertiary/aromatic N) is 1. The van der Waals surface area contributed by atoms with E-state index in [1.165, 1.54) is 12.8 Å². The highest BCUT2D eigenvalue weighted by molar-refractivity contribution is 5.08. The van der Waals surface area contributed by atoms with E-state index in [4.69, 9.17) is 0 Å². The van der Waals surface area contributed by atoms with Gasteiger partial charge in [0.25, 0.3) is 0 Å². The summed E-state index contributed by atoms with van der Waals surface area (Å²) in [6.45, 7) is 4.67. The molecule has 1 saturated heterocycles. The number of rotatable bonds is 2. The van der Waals surface area contributed by atoms with Gasteiger partial charge in [-0.15, -0.1) is 0 Å². The molecule has 2 fully saturated rings. The van der Waals surface area contributed by atoms with Gasteiger partial charge in [-0.1, -0.05) is 13.8 Å². The highest BCUT2D eigenvalue weighted by Crippen LogP contribution is 2.47. The number of hydrogen-bond acceptors (Lipinski definition) is 1. The lowest BCUT2D eigenvalue weighted by atomic mass is 10.1. The standard InChI is InChI=1S/C9H17N/c1-6(2)8-9(10(8)3)7-4-5-7/h6-9H,4-5H2,1-3H3/t8-,9+,10?/m1/s1. The molecule has 0 radical (unpaired) electrons. The Bertz CT molecular complexity index is 130. The summed E-state index contributed by atoms with van der Waals surface area (Å²) in [4.78, 5) is 2.54. The van der Waals surface area contributed by atoms with Gasteiger partial charge in [-0.2, -0.15) is 0 Å². The van der Waals surface area contributed by atoms with E-state index in [2.05, 4.69) is 25.8 Å². The zero-order chi connectivity index (χ0) is 7.30. The average molecular weight is 139 g/mol. The van der Waals surface area contributed by atoms with Gasteiger partial charge < -0.3 is 0 Å². The van der Waals surface area contributed by atoms with E-state index < -0.39 is 0 Å². The molecule has 0 aromatic rings. The minimum Gasteiger partial charge on any atom is -0.297 e. The van der Waals surface area contributed by atoms with Crippen LogP contribution in [0.15, 0.2) is 0 Å². The van der Waals surface area contributed by atoms with Gasteiger partial charge >= 0.3 is 0 Å². The van der Waals surface area contributed by atoms with E-state index in [-0.39, 0.29) is 0 Å². The first-order valence-electron chi connectivity index (χ1n) is 4.43. The second-order valence-corrected chi connectivity index (χ2v) is 4.23. The van der Waals surface area contributed by atoms with Crippen molar-refractivity contribution in [2.24, 2.45) is 11.8 Å². The maximum atomic E-state index is 2.54. The third kappa shape index (κ3) is 0.878. The third-order valence-corrected chi connectivity index (χ3v) is 2.99. The first-order chi connectivity index (χ1) is 4.72. The molecule has 0 N–H and O–H groups in total. The number of hydrogen-bond donors (Lipinski definition) is 0. The van der Waals surface area contributed by atoms with Gasteiger partial charge in [0, 0.05) is 12.1 Å². The molecule has 0 bridgehead atoms. The normalized spacial score (nSPS) is 46.2. The fourth-order valence-corrected chi connectivity index (χ4v) is 2.30. The Hall–Kier alpha value is -0.0400. The van der Waals surface area contributed by atoms with E-state index in [0.717, 1.165) is 23.9 Å². The molecule has 1 nitrogen and oxygen atoms in total. The summed E-state index contributed by atoms with van der Waals surface area (Å²) >= 11 is 0. The lowest BCUT2D eigenvalue weighted by molar-refractivity contribution is 0.501. The third-order valence-electron chi connectivity index (χ3n) is 2.99. The van der Waals surface area contributed by atoms with Crippen molar-refractivity contribution in [1.82, 2.24) is 4.90 Å². The van der Waals surface area contributed by atoms with E-state index in [0.29, 0.717) is 0 Å². The summed E-state index contributed by atoms with van der Waals surface area (Å²) in [6.07, 6.45) is 3.00. The van der Waals surface area contributed by atoms with Gasteiger partial charge in [-0.3, -0.25) is 4.90 Å². The van der Waals surface area contributed by atoms with E-state index in [1.54, 1.807) is 0 Å². The van der Waals surface area contributed by atoms with E-state index >= 15 is 0 Å². The van der Waals surface area contributed by atoms with Crippen molar-refractivity contribution in [3.8, 4) is 0 Å². The molecule has 1 aliphatic heterocycles. The fraction of sp³-hybridized carbons (Fsp3) is 1.00. The van der Waals surface area contributed by atoms with Gasteiger partial charge in [0.05, 0.1) is 0 Å². The molecule has 10 heavy (non-hydrogen) atoms. The van der Waals surface area contributed by atoms with E-state index in [1.807, 2.05) is 0 Å². The Kier molecular flexibility index (Phi) is 1.31. The molecule has 1 heteroatoms. The monoisotopic (exact) mass is 139 g/mol. The SMILES string of the molecule is CC(C)[C@@H]1[C@H](C2CC2)N1C. The molecule has 1 heterocycles. The average Bonchev–Trinajstić information content (AvgIpc) is 2.57. The topological polar surface area (TPSA) is 3.01 Å². The highest BCUT2D eigenvalue weighted by Gasteiger charge is 2.53. The van der Waals surface area contributed by atoms with Gasteiger partial charge in [0.1, 0.15) is 0 Å². The van der Waals surface area contributed by atoms with Crippen LogP contribution in [0.1, 0.15) is 26.7 Å². The minimum absolute atomic E-state index is 0.871. The molecule has 0 amide bonds. The van der Waals surface area contributed by atoms with Crippen LogP contribution in [0.25, 0.3) is 0 Å². The Morgan fingerprint density at radius 1 is 1.30 bits per heavy atom. The Morgan fingerprint density at radius 3 is 2.20 bits per heavy atom. The molecule has 3 atom stereocenters. The zero-order valence-corrected chi connectivity index (χ0v) is 7.17. The van der Waals surface area contributed by atoms with Crippen molar-refractivity contribution in [1.29, 1.82) is 0 Å². The second kappa shape index (κ2) is 1.97. The second-order valence-electron chi connectivity index (χ2n) is 4.23. The molecule has 0 aromatic carbocycles. The summed E-state index contributed by atoms with van der Waals surface area (Å²) in [5.41, 5.74) is 0. The lowest BCUT2D eigenvalue weighted by Crippen LogP contribution is -2.03. The predicted molar refractivity (Wildman–Crippen MR) is 42.9 cm³/mol. The molecule has 58 valence electrons. The van der Waals surface area contributed by atoms with Crippen LogP contribution >= 0.6 is 0 Å². The van der Waals surface area contributed by atoms with Crippen LogP contribution in [-0.4, -0.2) is 24.0 Å². The quantitative estimate of drug-likeness (QED) is 0.527. The summed E-state index contributed by atoms with van der Waals surface area (Å²) < 4.78 is 0. The summed E-state index contributed by atoms with van der Waals surface area (Å²) in [5, 5.41) is 0. The van der Waals surface area contributed by atoms with Crippen molar-refractivity contribution >= 4 is 0 Å². The largest absolute Gasteiger partial charge is 0.297 e. The molecule has 1 aliphatic carbocycles. The maximum Gasteiger partial charge on any atom is 0.0282 e. The molecular weight excluding hydrogens is 122 g/mol. The van der Waals surface area contributed by atoms with Crippen LogP contribution in [0, 0.1) is 11.8 Å². The Labute approximate surface area is 63.4 Å². The van der Waals surface area contributed by atoms with Crippen LogP contribution in [0.5, 0.6) is 0 Å². The first-order valence-corrected chi connectivity index (χ1v) is 4.43. The van der Waals surface area contributed by atoms with Crippen LogP contribution in [0.2, 0.25) is 0 Å². The smallest absolute Gasteiger partial charge is 0.0282 e. The van der Waals surface area contributed by atoms with Crippen molar-refractivity contribution in [3.05, 3.63) is 0 Å². The highest BCUT2D eigenvalue weighted by atomic mass is 15.3. The lowest BCUT2D eigenvalue weighted by Gasteiger charge is -1.98. The molecule has 2 aliphatic rings. The first kappa shape index (κ1) is 6.66. The maximum absolute atomic E-state index is 2.54. The molecule has 0 aromatic heterocycles. The molecule has 0 spiro atoms. The van der Waals surface area contributed by atoms with Crippen LogP contribution < -0.4 is 0 Å². The number of likely N-dealkylation sites (N-methyl/N-ethyl adjacent to an activating group) is 1. The molecule has 1 unspecified atom stereocenters. The van der Waals surface area contributed by atoms with Gasteiger partial charge in [0.15, 0.2) is 0 Å². The molecule has 2 rings (SSSR count). The van der Waals surface area contributed by atoms with Crippen molar-refractivity contribution in [3.63, 3.8) is 0 Å². The zero-order valence-electron chi connectivity index (χ0n) is 7.17. The Balaban J connectivity index is 1.90. The van der Waals surface area contributed by atoms with Gasteiger partial charge in [-0.05, 0) is 31.7 Å². The van der Waals surface area contributed by atoms with Crippen LogP contribution in [-0.2, 0) is 0 Å². The van der Waals surface area contributed by atoms with Crippen molar-refractivity contribution in [2.45, 2.75) is 38.8 Å². The van der Waals surface area contributed by atoms with Crippen LogP contribution in [0.4, 0.5) is 0 Å². The summed E-state index contributed by atoms with van der Waals surface area (Å²) in [6, 6.07) is 1.90. The Morgan fingerprint density at radius 2 is 1.90 bits per heavy atom. The summed E-state index contributed by atoms with van der Waals surface area (Å²) in [7, 11) is 2.27. The van der Waals surface area contributed by atoms with Crippen molar-refractivity contribution in [2.75, 3.05) is 7.05 Å². The van der Waals surface area contributed by atoms with E-state index in [9.17, 15) is 0 Å². The van der Waals surface area contributed by atoms with Crippen molar-refractivity contribution < 1.29 is 0 Å². The summed E-state index contributed by atoms with van der Waals surface area (Å²) in [5.74, 6) is 1.95. The van der Waals surface area contributed by atoms with Gasteiger partial charge in [-0.25, -0.2) is 0 Å².